The molecule has 5 rings (SSSR count). The van der Waals surface area contributed by atoms with Crippen LogP contribution in [0, 0.1) is 0 Å². The Morgan fingerprint density at radius 2 is 1.58 bits per heavy atom. The van der Waals surface area contributed by atoms with Gasteiger partial charge in [0.25, 0.3) is 23.6 Å². The van der Waals surface area contributed by atoms with Crippen LogP contribution in [0.2, 0.25) is 0 Å². The summed E-state index contributed by atoms with van der Waals surface area (Å²) in [5.74, 6) is -0.864. The van der Waals surface area contributed by atoms with E-state index in [0.29, 0.717) is 40.3 Å². The number of anilines is 1. The molecule has 1 saturated carbocycles. The van der Waals surface area contributed by atoms with Crippen molar-refractivity contribution in [3.63, 3.8) is 0 Å². The van der Waals surface area contributed by atoms with Crippen molar-refractivity contribution < 1.29 is 23.9 Å². The van der Waals surface area contributed by atoms with E-state index >= 15 is 0 Å². The van der Waals surface area contributed by atoms with Gasteiger partial charge in [0.15, 0.2) is 0 Å². The van der Waals surface area contributed by atoms with Crippen LogP contribution in [0.1, 0.15) is 66.8 Å². The Kier molecular flexibility index (Phi) is 6.25. The summed E-state index contributed by atoms with van der Waals surface area (Å²) < 4.78 is 5.65. The van der Waals surface area contributed by atoms with Gasteiger partial charge in [-0.1, -0.05) is 18.2 Å². The maximum Gasteiger partial charge on any atom is 0.261 e. The predicted molar refractivity (Wildman–Crippen MR) is 133 cm³/mol. The first-order valence-corrected chi connectivity index (χ1v) is 11.9. The van der Waals surface area contributed by atoms with Crippen molar-refractivity contribution in [1.29, 1.82) is 0 Å². The number of carbonyl (C=O) groups is 4. The molecule has 0 aromatic heterocycles. The van der Waals surface area contributed by atoms with Crippen molar-refractivity contribution in [1.82, 2.24) is 10.2 Å². The Hall–Kier alpha value is -4.46. The highest BCUT2D eigenvalue weighted by Crippen LogP contribution is 2.27. The maximum atomic E-state index is 13.2. The average Bonchev–Trinajstić information content (AvgIpc) is 3.68. The third-order valence-electron chi connectivity index (χ3n) is 6.12. The standard InChI is InChI=1S/C28H25N3O5/c1-2-36-24-14-7-17(16-31-27(34)21-5-3-4-6-22(21)28(31)35)15-23(24)26(33)30-19-10-8-18(9-11-19)25(32)29-20-12-13-20/h3-11,14-15,20H,2,12-13,16H2,1H3,(H,29,32)(H,30,33). The third kappa shape index (κ3) is 4.70. The van der Waals surface area contributed by atoms with Gasteiger partial charge in [0.05, 0.1) is 29.8 Å². The molecular weight excluding hydrogens is 458 g/mol. The van der Waals surface area contributed by atoms with Crippen molar-refractivity contribution in [2.75, 3.05) is 11.9 Å². The molecule has 0 spiro atoms. The number of amides is 4. The zero-order chi connectivity index (χ0) is 25.2. The molecule has 0 bridgehead atoms. The van der Waals surface area contributed by atoms with Crippen molar-refractivity contribution in [2.24, 2.45) is 0 Å². The van der Waals surface area contributed by atoms with E-state index in [-0.39, 0.29) is 35.9 Å². The zero-order valence-corrected chi connectivity index (χ0v) is 19.7. The lowest BCUT2D eigenvalue weighted by Gasteiger charge is -2.16. The lowest BCUT2D eigenvalue weighted by molar-refractivity contribution is 0.0642. The van der Waals surface area contributed by atoms with Crippen LogP contribution in [0.15, 0.2) is 66.7 Å². The summed E-state index contributed by atoms with van der Waals surface area (Å²) in [6.07, 6.45) is 2.02. The second-order valence-corrected chi connectivity index (χ2v) is 8.78. The van der Waals surface area contributed by atoms with Gasteiger partial charge in [0.2, 0.25) is 0 Å². The summed E-state index contributed by atoms with van der Waals surface area (Å²) in [6.45, 7) is 2.21. The first kappa shape index (κ1) is 23.3. The molecule has 0 atom stereocenters. The largest absolute Gasteiger partial charge is 0.493 e. The van der Waals surface area contributed by atoms with E-state index in [1.165, 1.54) is 4.90 Å². The van der Waals surface area contributed by atoms with Crippen LogP contribution in [-0.4, -0.2) is 41.2 Å². The highest BCUT2D eigenvalue weighted by atomic mass is 16.5. The summed E-state index contributed by atoms with van der Waals surface area (Å²) in [4.78, 5) is 52.0. The number of hydrogen-bond donors (Lipinski definition) is 2. The van der Waals surface area contributed by atoms with Crippen LogP contribution >= 0.6 is 0 Å². The van der Waals surface area contributed by atoms with Gasteiger partial charge < -0.3 is 15.4 Å². The summed E-state index contributed by atoms with van der Waals surface area (Å²) in [5, 5.41) is 5.76. The fourth-order valence-electron chi connectivity index (χ4n) is 4.10. The lowest BCUT2D eigenvalue weighted by atomic mass is 10.1. The fraction of sp³-hybridized carbons (Fsp3) is 0.214. The first-order chi connectivity index (χ1) is 17.4. The molecule has 0 saturated heterocycles. The molecule has 1 aliphatic carbocycles. The minimum atomic E-state index is -0.405. The molecule has 4 amide bonds. The topological polar surface area (TPSA) is 105 Å². The average molecular weight is 484 g/mol. The monoisotopic (exact) mass is 483 g/mol. The molecule has 8 nitrogen and oxygen atoms in total. The Morgan fingerprint density at radius 3 is 2.19 bits per heavy atom. The molecule has 2 N–H and O–H groups in total. The number of hydrogen-bond acceptors (Lipinski definition) is 5. The van der Waals surface area contributed by atoms with Crippen LogP contribution in [0.5, 0.6) is 5.75 Å². The number of imide groups is 1. The zero-order valence-electron chi connectivity index (χ0n) is 19.7. The van der Waals surface area contributed by atoms with Crippen LogP contribution in [0.25, 0.3) is 0 Å². The molecule has 2 aliphatic rings. The highest BCUT2D eigenvalue weighted by Gasteiger charge is 2.35. The number of carbonyl (C=O) groups excluding carboxylic acids is 4. The molecule has 3 aromatic carbocycles. The van der Waals surface area contributed by atoms with Gasteiger partial charge in [-0.3, -0.25) is 24.1 Å². The van der Waals surface area contributed by atoms with Crippen molar-refractivity contribution >= 4 is 29.3 Å². The van der Waals surface area contributed by atoms with Crippen LogP contribution in [0.4, 0.5) is 5.69 Å². The number of ether oxygens (including phenoxy) is 1. The van der Waals surface area contributed by atoms with E-state index in [4.69, 9.17) is 4.74 Å². The van der Waals surface area contributed by atoms with Gasteiger partial charge in [-0.05, 0) is 73.9 Å². The number of benzene rings is 3. The molecule has 1 fully saturated rings. The SMILES string of the molecule is CCOc1ccc(CN2C(=O)c3ccccc3C2=O)cc1C(=O)Nc1ccc(C(=O)NC2CC2)cc1. The highest BCUT2D eigenvalue weighted by molar-refractivity contribution is 6.21. The second-order valence-electron chi connectivity index (χ2n) is 8.78. The maximum absolute atomic E-state index is 13.2. The van der Waals surface area contributed by atoms with Crippen LogP contribution in [0.3, 0.4) is 0 Å². The molecular formula is C28H25N3O5. The van der Waals surface area contributed by atoms with Crippen molar-refractivity contribution in [3.05, 3.63) is 94.5 Å². The van der Waals surface area contributed by atoms with E-state index in [1.54, 1.807) is 66.7 Å². The molecule has 3 aromatic rings. The number of fused-ring (bicyclic) bond motifs is 1. The minimum Gasteiger partial charge on any atom is -0.493 e. The van der Waals surface area contributed by atoms with Crippen molar-refractivity contribution in [3.8, 4) is 5.75 Å². The summed E-state index contributed by atoms with van der Waals surface area (Å²) in [5.41, 5.74) is 2.70. The van der Waals surface area contributed by atoms with Gasteiger partial charge in [0, 0.05) is 17.3 Å². The number of rotatable bonds is 8. The van der Waals surface area contributed by atoms with Crippen LogP contribution < -0.4 is 15.4 Å². The summed E-state index contributed by atoms with van der Waals surface area (Å²) in [6, 6.07) is 18.7. The molecule has 182 valence electrons. The molecule has 8 heteroatoms. The quantitative estimate of drug-likeness (QED) is 0.471. The number of nitrogens with one attached hydrogen (secondary N) is 2. The smallest absolute Gasteiger partial charge is 0.261 e. The molecule has 0 radical (unpaired) electrons. The van der Waals surface area contributed by atoms with Crippen molar-refractivity contribution in [2.45, 2.75) is 32.4 Å². The predicted octanol–water partition coefficient (Wildman–Crippen LogP) is 4.03. The lowest BCUT2D eigenvalue weighted by Crippen LogP contribution is -2.29. The third-order valence-corrected chi connectivity index (χ3v) is 6.12. The summed E-state index contributed by atoms with van der Waals surface area (Å²) in [7, 11) is 0. The molecule has 36 heavy (non-hydrogen) atoms. The molecule has 0 unspecified atom stereocenters. The van der Waals surface area contributed by atoms with E-state index in [9.17, 15) is 19.2 Å². The Balaban J connectivity index is 1.33. The van der Waals surface area contributed by atoms with E-state index in [2.05, 4.69) is 10.6 Å². The van der Waals surface area contributed by atoms with Gasteiger partial charge >= 0.3 is 0 Å². The second kappa shape index (κ2) is 9.65. The van der Waals surface area contributed by atoms with Gasteiger partial charge in [-0.2, -0.15) is 0 Å². The van der Waals surface area contributed by atoms with E-state index in [0.717, 1.165) is 12.8 Å². The Morgan fingerprint density at radius 1 is 0.917 bits per heavy atom. The van der Waals surface area contributed by atoms with Gasteiger partial charge in [-0.15, -0.1) is 0 Å². The Labute approximate surface area is 208 Å². The Bertz CT molecular complexity index is 1330. The first-order valence-electron chi connectivity index (χ1n) is 11.9. The number of nitrogens with zero attached hydrogens (tertiary/aromatic N) is 1. The molecule has 1 aliphatic heterocycles. The molecule has 1 heterocycles. The minimum absolute atomic E-state index is 0.0316. The van der Waals surface area contributed by atoms with Crippen LogP contribution in [-0.2, 0) is 6.54 Å². The van der Waals surface area contributed by atoms with Gasteiger partial charge in [-0.25, -0.2) is 0 Å². The van der Waals surface area contributed by atoms with Gasteiger partial charge in [0.1, 0.15) is 5.75 Å². The normalized spacial score (nSPS) is 14.4. The van der Waals surface area contributed by atoms with E-state index in [1.807, 2.05) is 6.92 Å². The summed E-state index contributed by atoms with van der Waals surface area (Å²) >= 11 is 0. The fourth-order valence-corrected chi connectivity index (χ4v) is 4.10. The van der Waals surface area contributed by atoms with E-state index < -0.39 is 5.91 Å².